The van der Waals surface area contributed by atoms with Gasteiger partial charge in [0.05, 0.1) is 0 Å². The molecule has 0 aliphatic carbocycles. The molecule has 6 heteroatoms. The molecule has 1 amide bonds. The Morgan fingerprint density at radius 1 is 1.56 bits per heavy atom. The van der Waals surface area contributed by atoms with Crippen LogP contribution in [0.3, 0.4) is 0 Å². The molecule has 0 saturated heterocycles. The molecule has 0 unspecified atom stereocenters. The summed E-state index contributed by atoms with van der Waals surface area (Å²) in [6, 6.07) is 7.35. The first-order valence-electron chi connectivity index (χ1n) is 5.24. The third kappa shape index (κ3) is 3.82. The van der Waals surface area contributed by atoms with Gasteiger partial charge in [0.25, 0.3) is 5.91 Å². The molecule has 1 aromatic carbocycles. The van der Waals surface area contributed by atoms with Crippen molar-refractivity contribution in [2.24, 2.45) is 0 Å². The van der Waals surface area contributed by atoms with Gasteiger partial charge in [0.2, 0.25) is 0 Å². The highest BCUT2D eigenvalue weighted by Crippen LogP contribution is 2.18. The molecule has 1 N–H and O–H groups in total. The quantitative estimate of drug-likeness (QED) is 0.938. The SMILES string of the molecule is Cc1cnc(NC(=O)COc2cccc(Br)c2)s1. The van der Waals surface area contributed by atoms with Crippen molar-refractivity contribution >= 4 is 38.3 Å². The van der Waals surface area contributed by atoms with Crippen LogP contribution >= 0.6 is 27.3 Å². The van der Waals surface area contributed by atoms with Crippen LogP contribution in [0, 0.1) is 6.92 Å². The van der Waals surface area contributed by atoms with Gasteiger partial charge in [0, 0.05) is 15.5 Å². The standard InChI is InChI=1S/C12H11BrN2O2S/c1-8-6-14-12(18-8)15-11(16)7-17-10-4-2-3-9(13)5-10/h2-6H,7H2,1H3,(H,14,15,16). The molecule has 0 bridgehead atoms. The Balaban J connectivity index is 1.85. The fourth-order valence-corrected chi connectivity index (χ4v) is 2.33. The van der Waals surface area contributed by atoms with Crippen LogP contribution in [0.15, 0.2) is 34.9 Å². The number of nitrogens with one attached hydrogen (secondary N) is 1. The first kappa shape index (κ1) is 13.0. The van der Waals surface area contributed by atoms with Crippen LogP contribution in [-0.4, -0.2) is 17.5 Å². The van der Waals surface area contributed by atoms with E-state index >= 15 is 0 Å². The van der Waals surface area contributed by atoms with E-state index < -0.39 is 0 Å². The van der Waals surface area contributed by atoms with E-state index in [-0.39, 0.29) is 12.5 Å². The molecule has 0 saturated carbocycles. The average Bonchev–Trinajstić information content (AvgIpc) is 2.72. The first-order valence-corrected chi connectivity index (χ1v) is 6.85. The normalized spacial score (nSPS) is 10.1. The summed E-state index contributed by atoms with van der Waals surface area (Å²) in [4.78, 5) is 16.7. The predicted octanol–water partition coefficient (Wildman–Crippen LogP) is 3.23. The lowest BCUT2D eigenvalue weighted by molar-refractivity contribution is -0.118. The van der Waals surface area contributed by atoms with Gasteiger partial charge in [-0.3, -0.25) is 10.1 Å². The second-order valence-electron chi connectivity index (χ2n) is 3.57. The topological polar surface area (TPSA) is 51.2 Å². The highest BCUT2D eigenvalue weighted by atomic mass is 79.9. The van der Waals surface area contributed by atoms with Crippen LogP contribution in [0.1, 0.15) is 4.88 Å². The number of hydrogen-bond acceptors (Lipinski definition) is 4. The number of hydrogen-bond donors (Lipinski definition) is 1. The Bertz CT molecular complexity index is 557. The summed E-state index contributed by atoms with van der Waals surface area (Å²) in [5, 5.41) is 3.27. The van der Waals surface area contributed by atoms with Gasteiger partial charge in [-0.1, -0.05) is 22.0 Å². The fourth-order valence-electron chi connectivity index (χ4n) is 1.27. The number of anilines is 1. The third-order valence-corrected chi connectivity index (χ3v) is 3.36. The van der Waals surface area contributed by atoms with Crippen molar-refractivity contribution in [3.8, 4) is 5.75 Å². The Morgan fingerprint density at radius 3 is 3.06 bits per heavy atom. The minimum Gasteiger partial charge on any atom is -0.484 e. The maximum atomic E-state index is 11.6. The van der Waals surface area contributed by atoms with Gasteiger partial charge in [-0.2, -0.15) is 0 Å². The minimum absolute atomic E-state index is 0.0327. The zero-order valence-electron chi connectivity index (χ0n) is 9.64. The number of aromatic nitrogens is 1. The molecule has 1 heterocycles. The van der Waals surface area contributed by atoms with E-state index in [2.05, 4.69) is 26.2 Å². The van der Waals surface area contributed by atoms with Gasteiger partial charge in [-0.25, -0.2) is 4.98 Å². The van der Waals surface area contributed by atoms with Crippen molar-refractivity contribution < 1.29 is 9.53 Å². The first-order chi connectivity index (χ1) is 8.63. The molecule has 0 aliphatic heterocycles. The van der Waals surface area contributed by atoms with Crippen molar-refractivity contribution in [2.45, 2.75) is 6.92 Å². The van der Waals surface area contributed by atoms with Crippen molar-refractivity contribution in [3.63, 3.8) is 0 Å². The van der Waals surface area contributed by atoms with Crippen LogP contribution in [0.4, 0.5) is 5.13 Å². The molecule has 0 spiro atoms. The Hall–Kier alpha value is -1.40. The molecule has 0 radical (unpaired) electrons. The van der Waals surface area contributed by atoms with Crippen molar-refractivity contribution in [3.05, 3.63) is 39.8 Å². The Kier molecular flexibility index (Phi) is 4.33. The summed E-state index contributed by atoms with van der Waals surface area (Å²) in [5.41, 5.74) is 0. The molecule has 0 atom stereocenters. The lowest BCUT2D eigenvalue weighted by atomic mass is 10.3. The van der Waals surface area contributed by atoms with E-state index in [4.69, 9.17) is 4.74 Å². The summed E-state index contributed by atoms with van der Waals surface area (Å²) in [6.07, 6.45) is 1.72. The second kappa shape index (κ2) is 5.97. The van der Waals surface area contributed by atoms with E-state index in [1.807, 2.05) is 19.1 Å². The maximum Gasteiger partial charge on any atom is 0.264 e. The van der Waals surface area contributed by atoms with Gasteiger partial charge < -0.3 is 4.74 Å². The zero-order valence-corrected chi connectivity index (χ0v) is 12.0. The maximum absolute atomic E-state index is 11.6. The minimum atomic E-state index is -0.218. The van der Waals surface area contributed by atoms with Crippen molar-refractivity contribution in [1.29, 1.82) is 0 Å². The van der Waals surface area contributed by atoms with Crippen molar-refractivity contribution in [2.75, 3.05) is 11.9 Å². The summed E-state index contributed by atoms with van der Waals surface area (Å²) < 4.78 is 6.28. The smallest absolute Gasteiger partial charge is 0.264 e. The number of halogens is 1. The fraction of sp³-hybridized carbons (Fsp3) is 0.167. The summed E-state index contributed by atoms with van der Waals surface area (Å²) >= 11 is 4.77. The molecule has 94 valence electrons. The number of ether oxygens (including phenoxy) is 1. The number of aryl methyl sites for hydroxylation is 1. The van der Waals surface area contributed by atoms with E-state index in [0.29, 0.717) is 10.9 Å². The van der Waals surface area contributed by atoms with Gasteiger partial charge in [-0.05, 0) is 25.1 Å². The summed E-state index contributed by atoms with van der Waals surface area (Å²) in [6.45, 7) is 1.90. The van der Waals surface area contributed by atoms with Crippen LogP contribution in [-0.2, 0) is 4.79 Å². The number of carbonyl (C=O) groups is 1. The number of nitrogens with zero attached hydrogens (tertiary/aromatic N) is 1. The summed E-state index contributed by atoms with van der Waals surface area (Å²) in [5.74, 6) is 0.430. The van der Waals surface area contributed by atoms with Gasteiger partial charge >= 0.3 is 0 Å². The molecule has 18 heavy (non-hydrogen) atoms. The van der Waals surface area contributed by atoms with Gasteiger partial charge in [0.1, 0.15) is 5.75 Å². The monoisotopic (exact) mass is 326 g/mol. The molecule has 2 rings (SSSR count). The van der Waals surface area contributed by atoms with Crippen LogP contribution in [0.5, 0.6) is 5.75 Å². The molecular weight excluding hydrogens is 316 g/mol. The second-order valence-corrected chi connectivity index (χ2v) is 5.72. The number of amides is 1. The average molecular weight is 327 g/mol. The predicted molar refractivity (Wildman–Crippen MR) is 75.1 cm³/mol. The number of benzene rings is 1. The molecule has 0 aliphatic rings. The van der Waals surface area contributed by atoms with E-state index in [1.165, 1.54) is 11.3 Å². The van der Waals surface area contributed by atoms with Gasteiger partial charge in [0.15, 0.2) is 11.7 Å². The molecule has 0 fully saturated rings. The highest BCUT2D eigenvalue weighted by Gasteiger charge is 2.06. The lowest BCUT2D eigenvalue weighted by Crippen LogP contribution is -2.19. The largest absolute Gasteiger partial charge is 0.484 e. The third-order valence-electron chi connectivity index (χ3n) is 2.03. The van der Waals surface area contributed by atoms with Crippen molar-refractivity contribution in [1.82, 2.24) is 4.98 Å². The van der Waals surface area contributed by atoms with Crippen LogP contribution < -0.4 is 10.1 Å². The van der Waals surface area contributed by atoms with Crippen LogP contribution in [0.25, 0.3) is 0 Å². The number of carbonyl (C=O) groups excluding carboxylic acids is 1. The van der Waals surface area contributed by atoms with E-state index in [1.54, 1.807) is 18.3 Å². The van der Waals surface area contributed by atoms with E-state index in [0.717, 1.165) is 9.35 Å². The molecular formula is C12H11BrN2O2S. The molecule has 4 nitrogen and oxygen atoms in total. The van der Waals surface area contributed by atoms with Crippen LogP contribution in [0.2, 0.25) is 0 Å². The van der Waals surface area contributed by atoms with Gasteiger partial charge in [-0.15, -0.1) is 11.3 Å². The Labute approximate surface area is 117 Å². The lowest BCUT2D eigenvalue weighted by Gasteiger charge is -2.05. The zero-order chi connectivity index (χ0) is 13.0. The highest BCUT2D eigenvalue weighted by molar-refractivity contribution is 9.10. The van der Waals surface area contributed by atoms with E-state index in [9.17, 15) is 4.79 Å². The summed E-state index contributed by atoms with van der Waals surface area (Å²) in [7, 11) is 0. The number of thiazole rings is 1. The number of rotatable bonds is 4. The molecule has 1 aromatic heterocycles. The molecule has 2 aromatic rings. The Morgan fingerprint density at radius 2 is 2.39 bits per heavy atom.